The molecule has 1 aromatic heterocycles. The van der Waals surface area contributed by atoms with Crippen LogP contribution in [0.4, 0.5) is 13.2 Å². The summed E-state index contributed by atoms with van der Waals surface area (Å²) in [5.74, 6) is 0.511. The minimum Gasteiger partial charge on any atom is -0.465 e. The van der Waals surface area contributed by atoms with Gasteiger partial charge in [-0.1, -0.05) is 13.8 Å². The van der Waals surface area contributed by atoms with Crippen LogP contribution in [0.1, 0.15) is 26.3 Å². The Morgan fingerprint density at radius 1 is 1.32 bits per heavy atom. The van der Waals surface area contributed by atoms with Gasteiger partial charge in [-0.3, -0.25) is 0 Å². The van der Waals surface area contributed by atoms with Gasteiger partial charge in [-0.2, -0.15) is 13.2 Å². The van der Waals surface area contributed by atoms with E-state index in [4.69, 9.17) is 4.74 Å². The summed E-state index contributed by atoms with van der Waals surface area (Å²) in [6, 6.07) is 3.27. The molecule has 0 aromatic carbocycles. The van der Waals surface area contributed by atoms with Gasteiger partial charge in [-0.15, -0.1) is 0 Å². The fourth-order valence-corrected chi connectivity index (χ4v) is 1.38. The summed E-state index contributed by atoms with van der Waals surface area (Å²) in [5.41, 5.74) is 0.847. The summed E-state index contributed by atoms with van der Waals surface area (Å²) in [7, 11) is 0. The van der Waals surface area contributed by atoms with Crippen molar-refractivity contribution in [3.8, 4) is 5.88 Å². The van der Waals surface area contributed by atoms with Crippen molar-refractivity contribution in [2.75, 3.05) is 6.54 Å². The topological polar surface area (TPSA) is 34.2 Å². The quantitative estimate of drug-likeness (QED) is 0.866. The fraction of sp³-hybridized carbons (Fsp3) is 0.615. The molecule has 0 fully saturated rings. The van der Waals surface area contributed by atoms with E-state index in [0.717, 1.165) is 19.0 Å². The number of ether oxygens (including phenoxy) is 1. The fourth-order valence-electron chi connectivity index (χ4n) is 1.38. The van der Waals surface area contributed by atoms with Crippen molar-refractivity contribution < 1.29 is 17.9 Å². The molecule has 0 saturated carbocycles. The van der Waals surface area contributed by atoms with Crippen LogP contribution in [-0.2, 0) is 6.54 Å². The molecule has 1 rings (SSSR count). The Balaban J connectivity index is 2.57. The first-order chi connectivity index (χ1) is 8.79. The summed E-state index contributed by atoms with van der Waals surface area (Å²) >= 11 is 0. The third-order valence-electron chi connectivity index (χ3n) is 2.44. The number of nitrogens with one attached hydrogen (secondary N) is 1. The molecule has 0 aliphatic rings. The van der Waals surface area contributed by atoms with E-state index in [1.807, 2.05) is 0 Å². The third-order valence-corrected chi connectivity index (χ3v) is 2.44. The van der Waals surface area contributed by atoms with E-state index in [9.17, 15) is 13.2 Å². The van der Waals surface area contributed by atoms with Crippen LogP contribution >= 0.6 is 0 Å². The Labute approximate surface area is 111 Å². The van der Waals surface area contributed by atoms with Gasteiger partial charge in [0.1, 0.15) is 0 Å². The molecular weight excluding hydrogens is 257 g/mol. The van der Waals surface area contributed by atoms with E-state index in [1.54, 1.807) is 6.07 Å². The summed E-state index contributed by atoms with van der Waals surface area (Å²) in [5, 5.41) is 3.21. The van der Waals surface area contributed by atoms with Gasteiger partial charge in [-0.05, 0) is 31.0 Å². The molecule has 1 atom stereocenters. The summed E-state index contributed by atoms with van der Waals surface area (Å²) in [6.45, 7) is 6.55. The second-order valence-corrected chi connectivity index (χ2v) is 4.83. The number of nitrogens with zero attached hydrogens (tertiary/aromatic N) is 1. The van der Waals surface area contributed by atoms with Gasteiger partial charge in [-0.25, -0.2) is 4.98 Å². The van der Waals surface area contributed by atoms with E-state index in [1.165, 1.54) is 12.3 Å². The van der Waals surface area contributed by atoms with Crippen molar-refractivity contribution in [2.24, 2.45) is 5.92 Å². The molecule has 0 aliphatic carbocycles. The van der Waals surface area contributed by atoms with Crippen molar-refractivity contribution in [3.05, 3.63) is 23.9 Å². The number of halogens is 3. The average Bonchev–Trinajstić information content (AvgIpc) is 2.27. The van der Waals surface area contributed by atoms with Gasteiger partial charge in [0, 0.05) is 18.8 Å². The van der Waals surface area contributed by atoms with Crippen molar-refractivity contribution in [1.82, 2.24) is 10.3 Å². The molecule has 19 heavy (non-hydrogen) atoms. The maximum absolute atomic E-state index is 12.4. The van der Waals surface area contributed by atoms with Crippen LogP contribution in [0.3, 0.4) is 0 Å². The van der Waals surface area contributed by atoms with Gasteiger partial charge < -0.3 is 10.1 Å². The predicted octanol–water partition coefficient (Wildman–Crippen LogP) is 3.16. The van der Waals surface area contributed by atoms with E-state index < -0.39 is 12.3 Å². The van der Waals surface area contributed by atoms with Crippen LogP contribution in [0.2, 0.25) is 0 Å². The zero-order chi connectivity index (χ0) is 14.5. The molecule has 1 heterocycles. The molecular formula is C13H19F3N2O. The SMILES string of the molecule is CC(C)CNCc1ccnc(OC(C)C(F)(F)F)c1. The highest BCUT2D eigenvalue weighted by atomic mass is 19.4. The molecule has 0 spiro atoms. The number of aromatic nitrogens is 1. The van der Waals surface area contributed by atoms with E-state index >= 15 is 0 Å². The maximum atomic E-state index is 12.4. The van der Waals surface area contributed by atoms with Crippen LogP contribution in [0, 0.1) is 5.92 Å². The van der Waals surface area contributed by atoms with Gasteiger partial charge >= 0.3 is 6.18 Å². The van der Waals surface area contributed by atoms with E-state index in [-0.39, 0.29) is 5.88 Å². The predicted molar refractivity (Wildman–Crippen MR) is 66.9 cm³/mol. The minimum absolute atomic E-state index is 0.00586. The van der Waals surface area contributed by atoms with Crippen molar-refractivity contribution >= 4 is 0 Å². The standard InChI is InChI=1S/C13H19F3N2O/c1-9(2)7-17-8-11-4-5-18-12(6-11)19-10(3)13(14,15)16/h4-6,9-10,17H,7-8H2,1-3H3. The highest BCUT2D eigenvalue weighted by molar-refractivity contribution is 5.20. The van der Waals surface area contributed by atoms with Gasteiger partial charge in [0.15, 0.2) is 6.10 Å². The Bertz CT molecular complexity index is 394. The van der Waals surface area contributed by atoms with Gasteiger partial charge in [0.05, 0.1) is 0 Å². The maximum Gasteiger partial charge on any atom is 0.425 e. The second kappa shape index (κ2) is 6.75. The van der Waals surface area contributed by atoms with Gasteiger partial charge in [0.2, 0.25) is 5.88 Å². The molecule has 0 amide bonds. The lowest BCUT2D eigenvalue weighted by Gasteiger charge is -2.17. The van der Waals surface area contributed by atoms with Crippen LogP contribution in [0.15, 0.2) is 18.3 Å². The highest BCUT2D eigenvalue weighted by Gasteiger charge is 2.38. The Morgan fingerprint density at radius 2 is 2.00 bits per heavy atom. The average molecular weight is 276 g/mol. The van der Waals surface area contributed by atoms with Crippen molar-refractivity contribution in [2.45, 2.75) is 39.6 Å². The summed E-state index contributed by atoms with van der Waals surface area (Å²) in [6.07, 6.45) is -4.79. The van der Waals surface area contributed by atoms with Crippen LogP contribution in [0.25, 0.3) is 0 Å². The number of alkyl halides is 3. The Morgan fingerprint density at radius 3 is 2.58 bits per heavy atom. The minimum atomic E-state index is -4.38. The lowest BCUT2D eigenvalue weighted by molar-refractivity contribution is -0.190. The van der Waals surface area contributed by atoms with Crippen LogP contribution < -0.4 is 10.1 Å². The Kier molecular flexibility index (Phi) is 5.60. The summed E-state index contributed by atoms with van der Waals surface area (Å²) in [4.78, 5) is 3.79. The molecule has 1 aromatic rings. The molecule has 1 N–H and O–H groups in total. The molecule has 0 radical (unpaired) electrons. The zero-order valence-electron chi connectivity index (χ0n) is 11.3. The molecule has 108 valence electrons. The first-order valence-electron chi connectivity index (χ1n) is 6.18. The number of hydrogen-bond donors (Lipinski definition) is 1. The molecule has 6 heteroatoms. The lowest BCUT2D eigenvalue weighted by Crippen LogP contribution is -2.31. The van der Waals surface area contributed by atoms with Gasteiger partial charge in [0.25, 0.3) is 0 Å². The molecule has 0 bridgehead atoms. The Hall–Kier alpha value is -1.30. The van der Waals surface area contributed by atoms with E-state index in [2.05, 4.69) is 24.1 Å². The molecule has 0 saturated heterocycles. The number of hydrogen-bond acceptors (Lipinski definition) is 3. The molecule has 0 aliphatic heterocycles. The van der Waals surface area contributed by atoms with Crippen molar-refractivity contribution in [1.29, 1.82) is 0 Å². The number of pyridine rings is 1. The lowest BCUT2D eigenvalue weighted by atomic mass is 10.2. The number of rotatable bonds is 6. The third kappa shape index (κ3) is 5.92. The first kappa shape index (κ1) is 15.8. The van der Waals surface area contributed by atoms with Crippen LogP contribution in [-0.4, -0.2) is 23.8 Å². The smallest absolute Gasteiger partial charge is 0.425 e. The molecule has 1 unspecified atom stereocenters. The summed E-state index contributed by atoms with van der Waals surface area (Å²) < 4.78 is 41.9. The monoisotopic (exact) mass is 276 g/mol. The van der Waals surface area contributed by atoms with Crippen LogP contribution in [0.5, 0.6) is 5.88 Å². The first-order valence-corrected chi connectivity index (χ1v) is 6.18. The largest absolute Gasteiger partial charge is 0.465 e. The zero-order valence-corrected chi connectivity index (χ0v) is 11.3. The van der Waals surface area contributed by atoms with Crippen molar-refractivity contribution in [3.63, 3.8) is 0 Å². The van der Waals surface area contributed by atoms with E-state index in [0.29, 0.717) is 12.5 Å². The highest BCUT2D eigenvalue weighted by Crippen LogP contribution is 2.24. The molecule has 3 nitrogen and oxygen atoms in total. The normalized spacial score (nSPS) is 13.6. The second-order valence-electron chi connectivity index (χ2n) is 4.83.